The monoisotopic (exact) mass is 950 g/mol. The number of benzene rings is 2. The number of hydrogen-bond donors (Lipinski definition) is 2. The summed E-state index contributed by atoms with van der Waals surface area (Å²) in [5.74, 6) is -1.02. The van der Waals surface area contributed by atoms with Crippen molar-refractivity contribution in [2.45, 2.75) is 103 Å². The topological polar surface area (TPSA) is 110 Å². The molecule has 356 valence electrons. The van der Waals surface area contributed by atoms with E-state index in [2.05, 4.69) is 58.5 Å². The number of pyridine rings is 2. The fourth-order valence-electron chi connectivity index (χ4n) is 10.6. The van der Waals surface area contributed by atoms with Gasteiger partial charge in [-0.3, -0.25) is 9.97 Å². The van der Waals surface area contributed by atoms with Gasteiger partial charge in [-0.1, -0.05) is 38.8 Å². The zero-order chi connectivity index (χ0) is 48.5. The highest BCUT2D eigenvalue weighted by molar-refractivity contribution is 5.80. The normalized spacial score (nSPS) is 17.3. The van der Waals surface area contributed by atoms with Gasteiger partial charge in [0.05, 0.1) is 36.2 Å². The molecule has 2 aromatic carbocycles. The van der Waals surface area contributed by atoms with Gasteiger partial charge in [-0.05, 0) is 121 Å². The number of hydrogen-bond acceptors (Lipinski definition) is 8. The molecule has 0 saturated heterocycles. The minimum atomic E-state index is -0.549. The van der Waals surface area contributed by atoms with Crippen LogP contribution in [0.1, 0.15) is 111 Å². The average molecular weight is 951 g/mol. The lowest BCUT2D eigenvalue weighted by molar-refractivity contribution is 0.573. The van der Waals surface area contributed by atoms with Crippen LogP contribution < -0.4 is 10.6 Å². The van der Waals surface area contributed by atoms with Crippen LogP contribution in [0.2, 0.25) is 0 Å². The van der Waals surface area contributed by atoms with Crippen LogP contribution >= 0.6 is 0 Å². The van der Waals surface area contributed by atoms with E-state index in [0.717, 1.165) is 84.1 Å². The van der Waals surface area contributed by atoms with Gasteiger partial charge in [0.25, 0.3) is 0 Å². The van der Waals surface area contributed by atoms with Gasteiger partial charge in [0.15, 0.2) is 11.3 Å². The predicted octanol–water partition coefficient (Wildman–Crippen LogP) is 12.6. The SMILES string of the molecule is CC(C)c1cnn2c(N[C@@H]3CCC4=C(C3)c3cc(F)cc(F)c3C4)cc(-c3cncc(F)c3)nc12.CC(C)c1cnn2c(N[C@H]3CCC4=C(C3)c3cc(F)cc(F)c3C4)cc(-c3cncc(F)c3)nc12. The molecule has 0 fully saturated rings. The smallest absolute Gasteiger partial charge is 0.161 e. The first kappa shape index (κ1) is 45.1. The molecule has 16 heteroatoms. The van der Waals surface area contributed by atoms with E-state index < -0.39 is 34.9 Å². The van der Waals surface area contributed by atoms with Crippen molar-refractivity contribution >= 4 is 34.1 Å². The van der Waals surface area contributed by atoms with Gasteiger partial charge >= 0.3 is 0 Å². The number of anilines is 2. The molecule has 0 amide bonds. The van der Waals surface area contributed by atoms with Crippen molar-refractivity contribution in [3.05, 3.63) is 165 Å². The van der Waals surface area contributed by atoms with Gasteiger partial charge in [0.2, 0.25) is 0 Å². The Bertz CT molecular complexity index is 3240. The van der Waals surface area contributed by atoms with Crippen LogP contribution in [0, 0.1) is 34.9 Å². The summed E-state index contributed by atoms with van der Waals surface area (Å²) in [6, 6.07) is 11.5. The zero-order valence-electron chi connectivity index (χ0n) is 38.9. The molecule has 2 atom stereocenters. The van der Waals surface area contributed by atoms with Crippen molar-refractivity contribution < 1.29 is 26.3 Å². The Hall–Kier alpha value is -7.36. The van der Waals surface area contributed by atoms with E-state index >= 15 is 0 Å². The summed E-state index contributed by atoms with van der Waals surface area (Å²) in [5.41, 5.74) is 12.8. The van der Waals surface area contributed by atoms with E-state index in [9.17, 15) is 26.3 Å². The standard InChI is InChI=1S/2C27H24F3N5/c2*1-14(2)23-13-32-35-26(10-25(34-27(23)35)16-5-18(29)12-31-11-16)33-19-4-3-15-6-22-21(20(15)9-19)7-17(28)8-24(22)30/h2*5,7-8,10-14,19,33H,3-4,6,9H2,1-2H3/t2*19-/m10/s1. The highest BCUT2D eigenvalue weighted by atomic mass is 19.2. The van der Waals surface area contributed by atoms with E-state index in [0.29, 0.717) is 81.7 Å². The Labute approximate surface area is 399 Å². The molecule has 0 bridgehead atoms. The highest BCUT2D eigenvalue weighted by Gasteiger charge is 2.33. The summed E-state index contributed by atoms with van der Waals surface area (Å²) in [6.07, 6.45) is 14.9. The van der Waals surface area contributed by atoms with E-state index in [-0.39, 0.29) is 23.9 Å². The molecule has 4 aliphatic carbocycles. The molecule has 8 aromatic rings. The number of allylic oxidation sites excluding steroid dienone is 2. The van der Waals surface area contributed by atoms with Crippen LogP contribution in [0.25, 0.3) is 45.0 Å². The Kier molecular flexibility index (Phi) is 11.5. The Morgan fingerprint density at radius 3 is 1.34 bits per heavy atom. The van der Waals surface area contributed by atoms with E-state index in [1.807, 2.05) is 24.5 Å². The number of nitrogens with zero attached hydrogens (tertiary/aromatic N) is 8. The van der Waals surface area contributed by atoms with Gasteiger partial charge < -0.3 is 10.6 Å². The van der Waals surface area contributed by atoms with Gasteiger partial charge in [-0.25, -0.2) is 36.3 Å². The Morgan fingerprint density at radius 1 is 0.514 bits per heavy atom. The summed E-state index contributed by atoms with van der Waals surface area (Å²) in [6.45, 7) is 8.31. The summed E-state index contributed by atoms with van der Waals surface area (Å²) in [7, 11) is 0. The molecule has 0 radical (unpaired) electrons. The van der Waals surface area contributed by atoms with Crippen LogP contribution in [0.3, 0.4) is 0 Å². The van der Waals surface area contributed by atoms with Crippen LogP contribution in [0.15, 0.2) is 96.9 Å². The molecule has 0 saturated carbocycles. The first-order valence-corrected chi connectivity index (χ1v) is 23.6. The summed E-state index contributed by atoms with van der Waals surface area (Å²) >= 11 is 0. The van der Waals surface area contributed by atoms with Crippen LogP contribution in [-0.4, -0.2) is 51.2 Å². The fraction of sp³-hybridized carbons (Fsp3) is 0.296. The first-order chi connectivity index (χ1) is 33.7. The number of nitrogens with one attached hydrogen (secondary N) is 2. The molecule has 10 nitrogen and oxygen atoms in total. The average Bonchev–Trinajstić information content (AvgIpc) is 4.13. The van der Waals surface area contributed by atoms with Gasteiger partial charge in [0.1, 0.15) is 46.5 Å². The van der Waals surface area contributed by atoms with Crippen LogP contribution in [0.5, 0.6) is 0 Å². The maximum atomic E-state index is 14.4. The van der Waals surface area contributed by atoms with Crippen molar-refractivity contribution in [1.29, 1.82) is 0 Å². The Morgan fingerprint density at radius 2 is 0.943 bits per heavy atom. The molecule has 6 heterocycles. The summed E-state index contributed by atoms with van der Waals surface area (Å²) in [5, 5.41) is 16.3. The number of aromatic nitrogens is 8. The molecular weight excluding hydrogens is 903 g/mol. The molecule has 0 aliphatic heterocycles. The lowest BCUT2D eigenvalue weighted by Crippen LogP contribution is -2.24. The van der Waals surface area contributed by atoms with Crippen molar-refractivity contribution in [2.75, 3.05) is 10.6 Å². The van der Waals surface area contributed by atoms with Gasteiger partial charge in [-0.15, -0.1) is 0 Å². The van der Waals surface area contributed by atoms with Gasteiger partial charge in [-0.2, -0.15) is 19.2 Å². The molecule has 0 spiro atoms. The maximum absolute atomic E-state index is 14.4. The van der Waals surface area contributed by atoms with E-state index in [4.69, 9.17) is 9.97 Å². The van der Waals surface area contributed by atoms with Crippen molar-refractivity contribution in [2.24, 2.45) is 0 Å². The molecule has 6 aromatic heterocycles. The lowest BCUT2D eigenvalue weighted by Gasteiger charge is -2.26. The van der Waals surface area contributed by atoms with Crippen molar-refractivity contribution in [3.8, 4) is 22.5 Å². The minimum Gasteiger partial charge on any atom is -0.367 e. The predicted molar refractivity (Wildman–Crippen MR) is 257 cm³/mol. The lowest BCUT2D eigenvalue weighted by atomic mass is 9.88. The number of rotatable bonds is 8. The molecule has 70 heavy (non-hydrogen) atoms. The second-order valence-electron chi connectivity index (χ2n) is 19.3. The largest absolute Gasteiger partial charge is 0.367 e. The minimum absolute atomic E-state index is 0.0433. The fourth-order valence-corrected chi connectivity index (χ4v) is 10.6. The number of fused-ring (bicyclic) bond motifs is 6. The third-order valence-electron chi connectivity index (χ3n) is 14.0. The third kappa shape index (κ3) is 8.36. The zero-order valence-corrected chi connectivity index (χ0v) is 38.9. The Balaban J connectivity index is 0.000000152. The van der Waals surface area contributed by atoms with E-state index in [1.165, 1.54) is 35.4 Å². The summed E-state index contributed by atoms with van der Waals surface area (Å²) in [4.78, 5) is 17.5. The molecule has 0 unspecified atom stereocenters. The first-order valence-electron chi connectivity index (χ1n) is 23.6. The van der Waals surface area contributed by atoms with Gasteiger partial charge in [0, 0.05) is 71.0 Å². The van der Waals surface area contributed by atoms with Crippen molar-refractivity contribution in [3.63, 3.8) is 0 Å². The summed E-state index contributed by atoms with van der Waals surface area (Å²) < 4.78 is 88.1. The quantitative estimate of drug-likeness (QED) is 0.145. The molecule has 2 N–H and O–H groups in total. The highest BCUT2D eigenvalue weighted by Crippen LogP contribution is 2.45. The van der Waals surface area contributed by atoms with Crippen LogP contribution in [0.4, 0.5) is 38.0 Å². The molecular formula is C54H48F6N10. The molecule has 12 rings (SSSR count). The second-order valence-corrected chi connectivity index (χ2v) is 19.3. The van der Waals surface area contributed by atoms with E-state index in [1.54, 1.807) is 21.4 Å². The maximum Gasteiger partial charge on any atom is 0.161 e. The van der Waals surface area contributed by atoms with Crippen molar-refractivity contribution in [1.82, 2.24) is 39.2 Å². The third-order valence-corrected chi connectivity index (χ3v) is 14.0. The molecule has 4 aliphatic rings. The van der Waals surface area contributed by atoms with Crippen LogP contribution in [-0.2, 0) is 12.8 Å². The second kappa shape index (κ2) is 17.9. The number of halogens is 6.